The average molecular weight is 336 g/mol. The van der Waals surface area contributed by atoms with E-state index in [1.54, 1.807) is 12.3 Å². The van der Waals surface area contributed by atoms with Crippen molar-refractivity contribution in [1.29, 1.82) is 0 Å². The summed E-state index contributed by atoms with van der Waals surface area (Å²) in [5.41, 5.74) is 8.31. The van der Waals surface area contributed by atoms with Crippen LogP contribution in [0.4, 0.5) is 5.82 Å². The molecule has 0 saturated carbocycles. The first-order chi connectivity index (χ1) is 12.2. The highest BCUT2D eigenvalue weighted by Crippen LogP contribution is 2.17. The van der Waals surface area contributed by atoms with E-state index in [4.69, 9.17) is 5.73 Å². The number of aromatic amines is 1. The van der Waals surface area contributed by atoms with Crippen LogP contribution in [0.3, 0.4) is 0 Å². The van der Waals surface area contributed by atoms with Crippen molar-refractivity contribution >= 4 is 22.6 Å². The van der Waals surface area contributed by atoms with E-state index >= 15 is 0 Å². The molecule has 1 atom stereocenters. The van der Waals surface area contributed by atoms with Crippen molar-refractivity contribution in [2.45, 2.75) is 19.0 Å². The Morgan fingerprint density at radius 2 is 2.28 bits per heavy atom. The van der Waals surface area contributed by atoms with E-state index in [-0.39, 0.29) is 11.9 Å². The molecule has 0 aliphatic carbocycles. The molecule has 2 aromatic heterocycles. The van der Waals surface area contributed by atoms with Gasteiger partial charge >= 0.3 is 0 Å². The van der Waals surface area contributed by atoms with E-state index in [9.17, 15) is 4.79 Å². The summed E-state index contributed by atoms with van der Waals surface area (Å²) in [5.74, 6) is 0.790. The number of amides is 1. The van der Waals surface area contributed by atoms with Gasteiger partial charge in [0, 0.05) is 30.1 Å². The predicted octanol–water partition coefficient (Wildman–Crippen LogP) is 1.43. The zero-order chi connectivity index (χ0) is 17.2. The number of rotatable bonds is 4. The molecule has 1 unspecified atom stereocenters. The number of nitrogens with zero attached hydrogens (tertiary/aromatic N) is 3. The van der Waals surface area contributed by atoms with Crippen molar-refractivity contribution in [3.05, 3.63) is 53.9 Å². The van der Waals surface area contributed by atoms with Crippen LogP contribution in [0.25, 0.3) is 10.9 Å². The van der Waals surface area contributed by atoms with E-state index in [2.05, 4.69) is 25.4 Å². The number of carbonyl (C=O) groups is 1. The number of aromatic nitrogens is 3. The van der Waals surface area contributed by atoms with Gasteiger partial charge in [0.25, 0.3) is 5.91 Å². The summed E-state index contributed by atoms with van der Waals surface area (Å²) in [6.07, 6.45) is 2.69. The lowest BCUT2D eigenvalue weighted by Crippen LogP contribution is -2.27. The third kappa shape index (κ3) is 3.32. The third-order valence-electron chi connectivity index (χ3n) is 4.47. The van der Waals surface area contributed by atoms with Crippen LogP contribution in [0.5, 0.6) is 0 Å². The Labute approximate surface area is 145 Å². The number of nitrogens with one attached hydrogen (secondary N) is 2. The lowest BCUT2D eigenvalue weighted by molar-refractivity contribution is 0.0950. The molecule has 1 saturated heterocycles. The summed E-state index contributed by atoms with van der Waals surface area (Å²) in [6.45, 7) is 2.14. The van der Waals surface area contributed by atoms with E-state index < -0.39 is 0 Å². The number of benzene rings is 1. The van der Waals surface area contributed by atoms with Crippen LogP contribution in [0, 0.1) is 0 Å². The monoisotopic (exact) mass is 336 g/mol. The lowest BCUT2D eigenvalue weighted by Gasteiger charge is -2.17. The second-order valence-electron chi connectivity index (χ2n) is 6.34. The summed E-state index contributed by atoms with van der Waals surface area (Å²) in [5, 5.41) is 10.7. The normalized spacial score (nSPS) is 17.2. The Morgan fingerprint density at radius 3 is 3.12 bits per heavy atom. The average Bonchev–Trinajstić information content (AvgIpc) is 3.28. The predicted molar refractivity (Wildman–Crippen MR) is 96.3 cm³/mol. The Bertz CT molecular complexity index is 905. The van der Waals surface area contributed by atoms with Gasteiger partial charge in [-0.1, -0.05) is 6.07 Å². The molecule has 7 nitrogen and oxygen atoms in total. The molecule has 1 aliphatic heterocycles. The highest BCUT2D eigenvalue weighted by Gasteiger charge is 2.20. The summed E-state index contributed by atoms with van der Waals surface area (Å²) < 4.78 is 0. The highest BCUT2D eigenvalue weighted by atomic mass is 16.1. The fraction of sp³-hybridized carbons (Fsp3) is 0.278. The van der Waals surface area contributed by atoms with E-state index in [0.717, 1.165) is 41.9 Å². The maximum Gasteiger partial charge on any atom is 0.251 e. The standard InChI is InChI=1S/C18H20N6O/c19-14-6-7-24(11-14)17-3-1-2-15(22-17)10-20-18(25)12-4-5-16-13(8-12)9-21-23-16/h1-5,8-9,14H,6-7,10-11,19H2,(H,20,25)(H,21,23). The third-order valence-corrected chi connectivity index (χ3v) is 4.47. The summed E-state index contributed by atoms with van der Waals surface area (Å²) >= 11 is 0. The number of pyridine rings is 1. The van der Waals surface area contributed by atoms with Crippen LogP contribution < -0.4 is 16.0 Å². The Morgan fingerprint density at radius 1 is 1.36 bits per heavy atom. The van der Waals surface area contributed by atoms with Crippen LogP contribution >= 0.6 is 0 Å². The number of hydrogen-bond acceptors (Lipinski definition) is 5. The largest absolute Gasteiger partial charge is 0.355 e. The van der Waals surface area contributed by atoms with E-state index in [1.165, 1.54) is 0 Å². The Hall–Kier alpha value is -2.93. The van der Waals surface area contributed by atoms with Crippen LogP contribution in [0.2, 0.25) is 0 Å². The van der Waals surface area contributed by atoms with Gasteiger partial charge in [-0.15, -0.1) is 0 Å². The van der Waals surface area contributed by atoms with Gasteiger partial charge in [-0.25, -0.2) is 4.98 Å². The number of carbonyl (C=O) groups excluding carboxylic acids is 1. The van der Waals surface area contributed by atoms with Crippen LogP contribution in [-0.4, -0.2) is 40.2 Å². The lowest BCUT2D eigenvalue weighted by atomic mass is 10.1. The van der Waals surface area contributed by atoms with Gasteiger partial charge in [-0.05, 0) is 36.8 Å². The van der Waals surface area contributed by atoms with Crippen molar-refractivity contribution in [2.75, 3.05) is 18.0 Å². The fourth-order valence-electron chi connectivity index (χ4n) is 3.09. The van der Waals surface area contributed by atoms with Crippen LogP contribution in [-0.2, 0) is 6.54 Å². The molecule has 0 spiro atoms. The molecule has 4 N–H and O–H groups in total. The SMILES string of the molecule is NC1CCN(c2cccc(CNC(=O)c3ccc4[nH]ncc4c3)n2)C1. The summed E-state index contributed by atoms with van der Waals surface area (Å²) in [7, 11) is 0. The first-order valence-electron chi connectivity index (χ1n) is 8.37. The number of fused-ring (bicyclic) bond motifs is 1. The minimum absolute atomic E-state index is 0.126. The van der Waals surface area contributed by atoms with Crippen molar-refractivity contribution in [3.8, 4) is 0 Å². The van der Waals surface area contributed by atoms with Gasteiger partial charge < -0.3 is 16.0 Å². The molecule has 0 bridgehead atoms. The Balaban J connectivity index is 1.43. The molecule has 1 aliphatic rings. The Kier molecular flexibility index (Phi) is 4.07. The molecule has 3 heterocycles. The molecule has 1 aromatic carbocycles. The van der Waals surface area contributed by atoms with Crippen LogP contribution in [0.15, 0.2) is 42.6 Å². The number of hydrogen-bond donors (Lipinski definition) is 3. The minimum atomic E-state index is -0.126. The van der Waals surface area contributed by atoms with Gasteiger partial charge in [0.1, 0.15) is 5.82 Å². The van der Waals surface area contributed by atoms with Gasteiger partial charge in [-0.3, -0.25) is 9.89 Å². The summed E-state index contributed by atoms with van der Waals surface area (Å²) in [6, 6.07) is 11.5. The maximum atomic E-state index is 12.4. The van der Waals surface area contributed by atoms with Crippen molar-refractivity contribution in [2.24, 2.45) is 5.73 Å². The molecule has 4 rings (SSSR count). The second-order valence-corrected chi connectivity index (χ2v) is 6.34. The van der Waals surface area contributed by atoms with Gasteiger partial charge in [0.15, 0.2) is 0 Å². The van der Waals surface area contributed by atoms with Crippen LogP contribution in [0.1, 0.15) is 22.5 Å². The first-order valence-corrected chi connectivity index (χ1v) is 8.37. The topological polar surface area (TPSA) is 99.9 Å². The van der Waals surface area contributed by atoms with Gasteiger partial charge in [0.2, 0.25) is 0 Å². The van der Waals surface area contributed by atoms with Gasteiger partial charge in [0.05, 0.1) is 24.0 Å². The molecule has 0 radical (unpaired) electrons. The first kappa shape index (κ1) is 15.6. The van der Waals surface area contributed by atoms with E-state index in [0.29, 0.717) is 12.1 Å². The molecule has 3 aromatic rings. The quantitative estimate of drug-likeness (QED) is 0.669. The maximum absolute atomic E-state index is 12.4. The molecular formula is C18H20N6O. The smallest absolute Gasteiger partial charge is 0.251 e. The fourth-order valence-corrected chi connectivity index (χ4v) is 3.09. The zero-order valence-corrected chi connectivity index (χ0v) is 13.8. The minimum Gasteiger partial charge on any atom is -0.355 e. The molecule has 128 valence electrons. The zero-order valence-electron chi connectivity index (χ0n) is 13.8. The molecule has 1 fully saturated rings. The molecule has 25 heavy (non-hydrogen) atoms. The molecule has 1 amide bonds. The van der Waals surface area contributed by atoms with Gasteiger partial charge in [-0.2, -0.15) is 5.10 Å². The summed E-state index contributed by atoms with van der Waals surface area (Å²) in [4.78, 5) is 19.2. The molecular weight excluding hydrogens is 316 g/mol. The van der Waals surface area contributed by atoms with E-state index in [1.807, 2.05) is 30.3 Å². The number of H-pyrrole nitrogens is 1. The second kappa shape index (κ2) is 6.52. The van der Waals surface area contributed by atoms with Crippen molar-refractivity contribution < 1.29 is 4.79 Å². The van der Waals surface area contributed by atoms with Crippen molar-refractivity contribution in [3.63, 3.8) is 0 Å². The van der Waals surface area contributed by atoms with Crippen molar-refractivity contribution in [1.82, 2.24) is 20.5 Å². The molecule has 7 heteroatoms. The number of anilines is 1. The highest BCUT2D eigenvalue weighted by molar-refractivity contribution is 5.97. The number of nitrogens with two attached hydrogens (primary N) is 1.